The smallest absolute Gasteiger partial charge is 0.277 e. The van der Waals surface area contributed by atoms with E-state index in [1.807, 2.05) is 39.0 Å². The average molecular weight is 502 g/mol. The van der Waals surface area contributed by atoms with Gasteiger partial charge in [0.25, 0.3) is 5.56 Å². The summed E-state index contributed by atoms with van der Waals surface area (Å²) >= 11 is 12.5. The van der Waals surface area contributed by atoms with Crippen LogP contribution in [0.1, 0.15) is 26.5 Å². The highest BCUT2D eigenvalue weighted by Gasteiger charge is 2.35. The Morgan fingerprint density at radius 3 is 2.62 bits per heavy atom. The van der Waals surface area contributed by atoms with Crippen molar-refractivity contribution in [3.63, 3.8) is 0 Å². The van der Waals surface area contributed by atoms with Gasteiger partial charge in [-0.3, -0.25) is 9.36 Å². The number of ether oxygens (including phenoxy) is 1. The molecule has 0 bridgehead atoms. The van der Waals surface area contributed by atoms with Gasteiger partial charge in [0.1, 0.15) is 17.3 Å². The monoisotopic (exact) mass is 501 g/mol. The van der Waals surface area contributed by atoms with E-state index in [9.17, 15) is 4.79 Å². The average Bonchev–Trinajstić information content (AvgIpc) is 3.23. The molecule has 2 atom stereocenters. The second-order valence-corrected chi connectivity index (χ2v) is 8.97. The van der Waals surface area contributed by atoms with Gasteiger partial charge in [0.2, 0.25) is 0 Å². The van der Waals surface area contributed by atoms with Gasteiger partial charge in [-0.1, -0.05) is 36.2 Å². The van der Waals surface area contributed by atoms with Crippen molar-refractivity contribution in [3.8, 4) is 11.4 Å². The van der Waals surface area contributed by atoms with Gasteiger partial charge in [-0.05, 0) is 50.6 Å². The number of nitrogens with zero attached hydrogens (tertiary/aromatic N) is 4. The molecule has 0 radical (unpaired) electrons. The van der Waals surface area contributed by atoms with Crippen molar-refractivity contribution >= 4 is 34.7 Å². The van der Waals surface area contributed by atoms with Crippen LogP contribution < -0.4 is 15.8 Å². The van der Waals surface area contributed by atoms with Crippen molar-refractivity contribution in [1.82, 2.24) is 14.5 Å². The largest absolute Gasteiger partial charge is 0.374 e. The van der Waals surface area contributed by atoms with Gasteiger partial charge in [-0.25, -0.2) is 9.97 Å². The Bertz CT molecular complexity index is 1200. The predicted molar refractivity (Wildman–Crippen MR) is 138 cm³/mol. The van der Waals surface area contributed by atoms with Gasteiger partial charge >= 0.3 is 0 Å². The minimum atomic E-state index is -0.123. The highest BCUT2D eigenvalue weighted by atomic mass is 35.5. The molecular weight excluding hydrogens is 473 g/mol. The van der Waals surface area contributed by atoms with Crippen LogP contribution in [0.4, 0.5) is 11.5 Å². The summed E-state index contributed by atoms with van der Waals surface area (Å²) in [5, 5.41) is 4.49. The number of hydrogen-bond acceptors (Lipinski definition) is 6. The lowest BCUT2D eigenvalue weighted by molar-refractivity contribution is 0.0719. The van der Waals surface area contributed by atoms with Gasteiger partial charge in [-0.2, -0.15) is 0 Å². The van der Waals surface area contributed by atoms with Crippen molar-refractivity contribution in [3.05, 3.63) is 68.7 Å². The Labute approximate surface area is 209 Å². The lowest BCUT2D eigenvalue weighted by atomic mass is 10.1. The molecule has 0 aliphatic carbocycles. The first-order valence-corrected chi connectivity index (χ1v) is 12.4. The molecule has 0 unspecified atom stereocenters. The van der Waals surface area contributed by atoms with E-state index in [4.69, 9.17) is 32.9 Å². The number of hydrogen-bond donors (Lipinski definition) is 1. The molecule has 7 nitrogen and oxygen atoms in total. The second kappa shape index (κ2) is 10.8. The van der Waals surface area contributed by atoms with Crippen LogP contribution in [0, 0.1) is 0 Å². The molecule has 34 heavy (non-hydrogen) atoms. The zero-order chi connectivity index (χ0) is 24.2. The number of nitrogens with one attached hydrogen (secondary N) is 1. The van der Waals surface area contributed by atoms with E-state index in [0.29, 0.717) is 65.5 Å². The summed E-state index contributed by atoms with van der Waals surface area (Å²) in [4.78, 5) is 25.2. The number of anilines is 2. The fourth-order valence-corrected chi connectivity index (χ4v) is 4.87. The van der Waals surface area contributed by atoms with Crippen molar-refractivity contribution in [2.24, 2.45) is 0 Å². The molecule has 3 aromatic rings. The van der Waals surface area contributed by atoms with E-state index < -0.39 is 0 Å². The maximum atomic E-state index is 13.7. The van der Waals surface area contributed by atoms with Crippen LogP contribution >= 0.6 is 23.2 Å². The van der Waals surface area contributed by atoms with Crippen molar-refractivity contribution in [2.45, 2.75) is 45.9 Å². The minimum absolute atomic E-state index is 0.0861. The summed E-state index contributed by atoms with van der Waals surface area (Å²) in [6.07, 6.45) is 2.29. The van der Waals surface area contributed by atoms with Crippen LogP contribution in [0.5, 0.6) is 0 Å². The Morgan fingerprint density at radius 2 is 1.97 bits per heavy atom. The Hall–Kier alpha value is -2.61. The first-order valence-electron chi connectivity index (χ1n) is 11.6. The van der Waals surface area contributed by atoms with Crippen LogP contribution in [-0.2, 0) is 17.7 Å². The predicted octanol–water partition coefficient (Wildman–Crippen LogP) is 4.90. The van der Waals surface area contributed by atoms with E-state index in [0.717, 1.165) is 5.82 Å². The number of aryl methyl sites for hydroxylation is 1. The normalized spacial score (nSPS) is 17.9. The van der Waals surface area contributed by atoms with Crippen LogP contribution in [0.2, 0.25) is 10.0 Å². The molecule has 0 saturated carbocycles. The van der Waals surface area contributed by atoms with Gasteiger partial charge in [-0.15, -0.1) is 0 Å². The number of rotatable bonds is 8. The van der Waals surface area contributed by atoms with E-state index in [-0.39, 0.29) is 17.7 Å². The van der Waals surface area contributed by atoms with E-state index in [2.05, 4.69) is 15.2 Å². The summed E-state index contributed by atoms with van der Waals surface area (Å²) in [6.45, 7) is 8.30. The van der Waals surface area contributed by atoms with E-state index >= 15 is 0 Å². The summed E-state index contributed by atoms with van der Waals surface area (Å²) in [6, 6.07) is 11.0. The maximum Gasteiger partial charge on any atom is 0.277 e. The molecule has 1 aromatic carbocycles. The molecular formula is C25H29Cl2N5O2. The van der Waals surface area contributed by atoms with Crippen molar-refractivity contribution < 1.29 is 4.74 Å². The minimum Gasteiger partial charge on any atom is -0.374 e. The fraction of sp³-hybridized carbons (Fsp3) is 0.400. The highest BCUT2D eigenvalue weighted by Crippen LogP contribution is 2.30. The summed E-state index contributed by atoms with van der Waals surface area (Å²) in [5.41, 5.74) is 1.76. The van der Waals surface area contributed by atoms with Gasteiger partial charge < -0.3 is 15.0 Å². The molecule has 0 spiro atoms. The lowest BCUT2D eigenvalue weighted by Crippen LogP contribution is -2.38. The fourth-order valence-electron chi connectivity index (χ4n) is 4.38. The molecule has 9 heteroatoms. The van der Waals surface area contributed by atoms with Crippen molar-refractivity contribution in [2.75, 3.05) is 29.9 Å². The third-order valence-electron chi connectivity index (χ3n) is 6.02. The first-order chi connectivity index (χ1) is 16.5. The lowest BCUT2D eigenvalue weighted by Gasteiger charge is -2.23. The van der Waals surface area contributed by atoms with Crippen LogP contribution in [-0.4, -0.2) is 46.4 Å². The zero-order valence-electron chi connectivity index (χ0n) is 19.6. The van der Waals surface area contributed by atoms with Crippen LogP contribution in [0.25, 0.3) is 11.4 Å². The van der Waals surface area contributed by atoms with Crippen molar-refractivity contribution in [1.29, 1.82) is 0 Å². The molecule has 1 saturated heterocycles. The number of pyridine rings is 1. The topological polar surface area (TPSA) is 72.3 Å². The molecule has 1 N–H and O–H groups in total. The molecule has 180 valence electrons. The molecule has 1 aliphatic rings. The van der Waals surface area contributed by atoms with E-state index in [1.54, 1.807) is 29.0 Å². The number of halogens is 2. The molecule has 0 amide bonds. The molecule has 1 fully saturated rings. The Morgan fingerprint density at radius 1 is 1.15 bits per heavy atom. The van der Waals surface area contributed by atoms with Gasteiger partial charge in [0, 0.05) is 43.0 Å². The van der Waals surface area contributed by atoms with E-state index in [1.165, 1.54) is 0 Å². The molecule has 3 heterocycles. The first kappa shape index (κ1) is 24.5. The standard InChI is InChI=1S/C25H29Cl2N5O2/c1-4-19-23(25(33)32(5-2)24(30-19)17-11-10-16(26)13-18(17)27)29-20-14-31(15-21(20)34-6-3)22-9-7-8-12-28-22/h7-13,20-21,29H,4-6,14-15H2,1-3H3/t20-,21+/m1/s1. The quantitative estimate of drug-likeness (QED) is 0.473. The molecule has 2 aromatic heterocycles. The Balaban J connectivity index is 1.72. The summed E-state index contributed by atoms with van der Waals surface area (Å²) < 4.78 is 7.69. The van der Waals surface area contributed by atoms with Gasteiger partial charge in [0.05, 0.1) is 22.9 Å². The highest BCUT2D eigenvalue weighted by molar-refractivity contribution is 6.36. The summed E-state index contributed by atoms with van der Waals surface area (Å²) in [5.74, 6) is 1.43. The second-order valence-electron chi connectivity index (χ2n) is 8.12. The van der Waals surface area contributed by atoms with Crippen LogP contribution in [0.15, 0.2) is 47.4 Å². The Kier molecular flexibility index (Phi) is 7.76. The number of benzene rings is 1. The maximum absolute atomic E-state index is 13.7. The molecule has 1 aliphatic heterocycles. The van der Waals surface area contributed by atoms with Crippen LogP contribution in [0.3, 0.4) is 0 Å². The number of aromatic nitrogens is 3. The third kappa shape index (κ3) is 4.92. The SMILES string of the molecule is CCO[C@H]1CN(c2ccccn2)C[C@H]1Nc1c(CC)nc(-c2ccc(Cl)cc2Cl)n(CC)c1=O. The third-order valence-corrected chi connectivity index (χ3v) is 6.57. The summed E-state index contributed by atoms with van der Waals surface area (Å²) in [7, 11) is 0. The van der Waals surface area contributed by atoms with Gasteiger partial charge in [0.15, 0.2) is 0 Å². The zero-order valence-corrected chi connectivity index (χ0v) is 21.1. The molecule has 4 rings (SSSR count).